The molecule has 6 heteroatoms. The van der Waals surface area contributed by atoms with Crippen LogP contribution in [0.3, 0.4) is 0 Å². The van der Waals surface area contributed by atoms with Crippen molar-refractivity contribution in [3.63, 3.8) is 0 Å². The molecule has 0 spiro atoms. The van der Waals surface area contributed by atoms with Crippen LogP contribution in [0.25, 0.3) is 57.5 Å². The fourth-order valence-corrected chi connectivity index (χ4v) is 12.0. The van der Waals surface area contributed by atoms with Crippen LogP contribution >= 0.6 is 0 Å². The van der Waals surface area contributed by atoms with Crippen LogP contribution in [0.5, 0.6) is 0 Å². The molecule has 0 radical (unpaired) electrons. The molecular weight excluding hydrogens is 893 g/mol. The summed E-state index contributed by atoms with van der Waals surface area (Å²) < 4.78 is 5.15. The Morgan fingerprint density at radius 1 is 0.397 bits per heavy atom. The van der Waals surface area contributed by atoms with Gasteiger partial charge >= 0.3 is 5.97 Å². The average molecular weight is 992 g/mol. The summed E-state index contributed by atoms with van der Waals surface area (Å²) in [6, 6.07) is 17.3. The zero-order valence-electron chi connectivity index (χ0n) is 47.1. The second kappa shape index (κ2) is 31.9. The van der Waals surface area contributed by atoms with Gasteiger partial charge in [0.1, 0.15) is 0 Å². The molecule has 6 rings (SSSR count). The first-order valence-corrected chi connectivity index (χ1v) is 30.2. The number of hydrogen-bond donors (Lipinski definition) is 2. The normalized spacial score (nSPS) is 12.4. The highest BCUT2D eigenvalue weighted by atomic mass is 16.5. The van der Waals surface area contributed by atoms with Gasteiger partial charge in [-0.25, -0.2) is 14.8 Å². The van der Waals surface area contributed by atoms with Crippen LogP contribution in [-0.4, -0.2) is 33.0 Å². The number of H-pyrrole nitrogens is 2. The van der Waals surface area contributed by atoms with E-state index in [9.17, 15) is 4.79 Å². The summed E-state index contributed by atoms with van der Waals surface area (Å²) in [5.74, 6) is 0.806. The van der Waals surface area contributed by atoms with E-state index in [2.05, 4.69) is 112 Å². The van der Waals surface area contributed by atoms with E-state index in [1.165, 1.54) is 191 Å². The summed E-state index contributed by atoms with van der Waals surface area (Å²) in [5.41, 5.74) is 15.7. The van der Waals surface area contributed by atoms with E-state index >= 15 is 0 Å². The minimum Gasteiger partial charge on any atom is -0.465 e. The third kappa shape index (κ3) is 16.6. The molecule has 0 fully saturated rings. The zero-order chi connectivity index (χ0) is 51.6. The van der Waals surface area contributed by atoms with E-state index in [0.29, 0.717) is 23.3 Å². The van der Waals surface area contributed by atoms with Crippen molar-refractivity contribution >= 4 is 52.3 Å². The van der Waals surface area contributed by atoms with Gasteiger partial charge in [-0.1, -0.05) is 208 Å². The number of unbranched alkanes of at least 4 members (excludes halogenated alkanes) is 18. The second-order valence-electron chi connectivity index (χ2n) is 21.9. The van der Waals surface area contributed by atoms with Gasteiger partial charge in [0.15, 0.2) is 0 Å². The maximum absolute atomic E-state index is 12.8. The summed E-state index contributed by atoms with van der Waals surface area (Å²) >= 11 is 0. The lowest BCUT2D eigenvalue weighted by molar-refractivity contribution is 0.0600. The maximum Gasteiger partial charge on any atom is 0.337 e. The lowest BCUT2D eigenvalue weighted by Gasteiger charge is -2.20. The monoisotopic (exact) mass is 991 g/mol. The molecule has 398 valence electrons. The van der Waals surface area contributed by atoms with Crippen LogP contribution in [0, 0.1) is 0 Å². The Balaban J connectivity index is 1.73. The molecule has 4 aromatic rings. The number of aromatic amines is 2. The summed E-state index contributed by atoms with van der Waals surface area (Å²) in [6.45, 7) is 13.9. The summed E-state index contributed by atoms with van der Waals surface area (Å²) in [5, 5.41) is 0. The van der Waals surface area contributed by atoms with Crippen molar-refractivity contribution < 1.29 is 9.53 Å². The minimum atomic E-state index is -0.326. The van der Waals surface area contributed by atoms with Gasteiger partial charge in [0.2, 0.25) is 0 Å². The molecule has 5 heterocycles. The van der Waals surface area contributed by atoms with Crippen LogP contribution in [0.15, 0.2) is 48.5 Å². The lowest BCUT2D eigenvalue weighted by Crippen LogP contribution is -2.07. The molecule has 8 bridgehead atoms. The zero-order valence-corrected chi connectivity index (χ0v) is 47.1. The highest BCUT2D eigenvalue weighted by Gasteiger charge is 2.26. The van der Waals surface area contributed by atoms with Gasteiger partial charge < -0.3 is 14.7 Å². The van der Waals surface area contributed by atoms with E-state index < -0.39 is 0 Å². The molecule has 0 aliphatic carbocycles. The molecule has 6 nitrogen and oxygen atoms in total. The highest BCUT2D eigenvalue weighted by Crippen LogP contribution is 2.42. The summed E-state index contributed by atoms with van der Waals surface area (Å²) in [7, 11) is 1.45. The molecule has 1 aromatic carbocycles. The standard InChI is InChI=1S/C67H98N4O2/c1-8-14-20-26-32-50(33-27-21-15-9-2)63-55-42-44-57(68-55)64(51(34-28-22-16-10-3)35-29-23-17-11-4)59-46-48-61(70-59)66(53-38-40-54(41-39-53)67(72)73-7)62-49-47-60(71-62)65(58-45-43-56(63)69-58)52(36-30-24-18-12-5)37-31-25-19-13-6/h38-52,70-71H,8-37H2,1-7H3. The molecule has 0 saturated carbocycles. The first-order chi connectivity index (χ1) is 35.9. The van der Waals surface area contributed by atoms with Crippen molar-refractivity contribution in [2.75, 3.05) is 7.11 Å². The van der Waals surface area contributed by atoms with E-state index in [1.807, 2.05) is 12.1 Å². The fourth-order valence-electron chi connectivity index (χ4n) is 12.0. The fraction of sp³-hybridized carbons (Fsp3) is 0.597. The SMILES string of the molecule is CCCCCCC(CCCCCC)c1c2nc(c(C(CCCCCC)CCCCCC)c3ccc([nH]3)c(-c3ccc(C(=O)OC)cc3)c3ccc([nH]3)c(C(CCCCCC)CCCCCC)c3nc1C=C3)C=C2. The predicted octanol–water partition coefficient (Wildman–Crippen LogP) is 21.2. The summed E-state index contributed by atoms with van der Waals surface area (Å²) in [4.78, 5) is 32.7. The lowest BCUT2D eigenvalue weighted by atomic mass is 9.86. The molecule has 73 heavy (non-hydrogen) atoms. The van der Waals surface area contributed by atoms with Crippen LogP contribution in [0.4, 0.5) is 0 Å². The Kier molecular flexibility index (Phi) is 25.1. The van der Waals surface area contributed by atoms with Crippen molar-refractivity contribution in [3.8, 4) is 11.1 Å². The van der Waals surface area contributed by atoms with E-state index in [4.69, 9.17) is 14.7 Å². The molecule has 0 atom stereocenters. The Morgan fingerprint density at radius 2 is 0.699 bits per heavy atom. The predicted molar refractivity (Wildman–Crippen MR) is 316 cm³/mol. The van der Waals surface area contributed by atoms with Crippen LogP contribution in [-0.2, 0) is 4.74 Å². The molecule has 0 amide bonds. The molecule has 0 saturated heterocycles. The molecular formula is C67H98N4O2. The number of ether oxygens (including phenoxy) is 1. The number of benzene rings is 1. The molecule has 0 unspecified atom stereocenters. The minimum absolute atomic E-state index is 0.326. The van der Waals surface area contributed by atoms with Crippen molar-refractivity contribution in [2.24, 2.45) is 0 Å². The quantitative estimate of drug-likeness (QED) is 0.0307. The van der Waals surface area contributed by atoms with Gasteiger partial charge in [0, 0.05) is 44.3 Å². The largest absolute Gasteiger partial charge is 0.465 e. The van der Waals surface area contributed by atoms with Gasteiger partial charge in [0.25, 0.3) is 0 Å². The van der Waals surface area contributed by atoms with E-state index in [-0.39, 0.29) is 5.97 Å². The number of aromatic nitrogens is 4. The van der Waals surface area contributed by atoms with Gasteiger partial charge in [-0.05, 0) is 123 Å². The molecule has 3 aromatic heterocycles. The Morgan fingerprint density at radius 3 is 1.01 bits per heavy atom. The van der Waals surface area contributed by atoms with Crippen molar-refractivity contribution in [1.29, 1.82) is 0 Å². The number of rotatable bonds is 35. The average Bonchev–Trinajstić information content (AvgIpc) is 4.27. The maximum atomic E-state index is 12.8. The van der Waals surface area contributed by atoms with Crippen LogP contribution in [0.1, 0.15) is 302 Å². The Labute approximate surface area is 443 Å². The second-order valence-corrected chi connectivity index (χ2v) is 21.9. The van der Waals surface area contributed by atoms with Crippen LogP contribution < -0.4 is 0 Å². The van der Waals surface area contributed by atoms with Crippen molar-refractivity contribution in [3.05, 3.63) is 93.6 Å². The number of fused-ring (bicyclic) bond motifs is 8. The smallest absolute Gasteiger partial charge is 0.337 e. The number of nitrogens with zero attached hydrogens (tertiary/aromatic N) is 2. The van der Waals surface area contributed by atoms with Gasteiger partial charge in [-0.2, -0.15) is 0 Å². The van der Waals surface area contributed by atoms with Crippen LogP contribution in [0.2, 0.25) is 0 Å². The van der Waals surface area contributed by atoms with Crippen molar-refractivity contribution in [2.45, 2.75) is 252 Å². The number of carbonyl (C=O) groups is 1. The highest BCUT2D eigenvalue weighted by molar-refractivity contribution is 5.96. The van der Waals surface area contributed by atoms with E-state index in [0.717, 1.165) is 81.7 Å². The first-order valence-electron chi connectivity index (χ1n) is 30.2. The number of carbonyl (C=O) groups excluding carboxylic acids is 1. The van der Waals surface area contributed by atoms with Gasteiger partial charge in [0.05, 0.1) is 35.4 Å². The van der Waals surface area contributed by atoms with E-state index in [1.54, 1.807) is 0 Å². The van der Waals surface area contributed by atoms with Gasteiger partial charge in [-0.3, -0.25) is 0 Å². The third-order valence-corrected chi connectivity index (χ3v) is 16.1. The number of esters is 1. The number of hydrogen-bond acceptors (Lipinski definition) is 4. The van der Waals surface area contributed by atoms with Gasteiger partial charge in [-0.15, -0.1) is 0 Å². The molecule has 2 aliphatic rings. The molecule has 2 N–H and O–H groups in total. The summed E-state index contributed by atoms with van der Waals surface area (Å²) in [6.07, 6.45) is 46.5. The Hall–Kier alpha value is -4.71. The number of nitrogens with one attached hydrogen (secondary N) is 2. The topological polar surface area (TPSA) is 83.7 Å². The third-order valence-electron chi connectivity index (χ3n) is 16.1. The van der Waals surface area contributed by atoms with Crippen molar-refractivity contribution in [1.82, 2.24) is 19.9 Å². The number of methoxy groups -OCH3 is 1. The Bertz CT molecular complexity index is 2320. The first kappa shape index (κ1) is 57.6. The molecule has 2 aliphatic heterocycles.